The molecule has 0 amide bonds. The molecule has 9 heteroatoms. The molecule has 0 bridgehead atoms. The number of carbonyl (C=O) groups excluding carboxylic acids is 5. The van der Waals surface area contributed by atoms with Gasteiger partial charge in [-0.1, -0.05) is 27.7 Å². The maximum Gasteiger partial charge on any atom is 0.303 e. The molecule has 0 aromatic carbocycles. The average Bonchev–Trinajstić information content (AvgIpc) is 2.88. The van der Waals surface area contributed by atoms with E-state index in [2.05, 4.69) is 25.7 Å². The summed E-state index contributed by atoms with van der Waals surface area (Å²) in [6, 6.07) is 0.381. The molecule has 0 aromatic rings. The van der Waals surface area contributed by atoms with Gasteiger partial charge in [0.2, 0.25) is 0 Å². The number of piperidine rings is 2. The van der Waals surface area contributed by atoms with Gasteiger partial charge in [0.15, 0.2) is 11.4 Å². The summed E-state index contributed by atoms with van der Waals surface area (Å²) in [6.07, 6.45) is 3.47. The van der Waals surface area contributed by atoms with Gasteiger partial charge >= 0.3 is 17.9 Å². The monoisotopic (exact) mass is 587 g/mol. The SMILES string of the molecule is CC(=O)O[C@@H]1C[C@H](OC(C)=O)[C@@]2(C)[C@H](C1)C(=O)CC(C1CC[C@@H]3[C@@H](C)[C@@H]4CC[C@@H](C)CN4C[C@]3(OC(C)=O)C1=O)[C@@H]2C. The highest BCUT2D eigenvalue weighted by Crippen LogP contribution is 2.59. The minimum atomic E-state index is -1.22. The van der Waals surface area contributed by atoms with Crippen molar-refractivity contribution in [2.24, 2.45) is 46.8 Å². The summed E-state index contributed by atoms with van der Waals surface area (Å²) in [7, 11) is 0. The second-order valence-corrected chi connectivity index (χ2v) is 14.5. The molecule has 5 rings (SSSR count). The fourth-order valence-electron chi connectivity index (χ4n) is 10.2. The Morgan fingerprint density at radius 1 is 0.881 bits per heavy atom. The van der Waals surface area contributed by atoms with E-state index >= 15 is 0 Å². The number of fused-ring (bicyclic) bond motifs is 3. The highest BCUT2D eigenvalue weighted by atomic mass is 16.6. The smallest absolute Gasteiger partial charge is 0.303 e. The Morgan fingerprint density at radius 3 is 2.21 bits per heavy atom. The zero-order valence-corrected chi connectivity index (χ0v) is 26.4. The van der Waals surface area contributed by atoms with Gasteiger partial charge in [0, 0.05) is 75.9 Å². The van der Waals surface area contributed by atoms with Crippen molar-refractivity contribution >= 4 is 29.5 Å². The zero-order chi connectivity index (χ0) is 30.7. The Morgan fingerprint density at radius 2 is 1.57 bits per heavy atom. The molecule has 0 spiro atoms. The number of rotatable bonds is 4. The van der Waals surface area contributed by atoms with Crippen molar-refractivity contribution in [2.45, 2.75) is 117 Å². The lowest BCUT2D eigenvalue weighted by molar-refractivity contribution is -0.209. The van der Waals surface area contributed by atoms with Crippen LogP contribution in [0.4, 0.5) is 0 Å². The van der Waals surface area contributed by atoms with E-state index in [1.807, 2.05) is 6.92 Å². The van der Waals surface area contributed by atoms with Gasteiger partial charge in [0.05, 0.1) is 0 Å². The molecular weight excluding hydrogens is 538 g/mol. The largest absolute Gasteiger partial charge is 0.462 e. The van der Waals surface area contributed by atoms with Crippen LogP contribution in [-0.2, 0) is 38.2 Å². The standard InChI is InChI=1S/C33H49NO8/c1-17-8-11-28-18(2)26-10-9-24(31(39)33(26,42-22(6)37)16-34(28)15-17)25-14-29(38)27-12-23(40-20(4)35)13-30(41-21(5)36)32(27,7)19(25)3/h17-19,23-28,30H,8-16H2,1-7H3/t17-,18-,19+,23+,24?,25?,26-,27-,28+,30+,32-,33-/m1/s1. The Kier molecular flexibility index (Phi) is 8.40. The van der Waals surface area contributed by atoms with Crippen molar-refractivity contribution in [1.29, 1.82) is 0 Å². The predicted octanol–water partition coefficient (Wildman–Crippen LogP) is 4.14. The predicted molar refractivity (Wildman–Crippen MR) is 153 cm³/mol. The van der Waals surface area contributed by atoms with Gasteiger partial charge in [-0.15, -0.1) is 0 Å². The second kappa shape index (κ2) is 11.3. The topological polar surface area (TPSA) is 116 Å². The van der Waals surface area contributed by atoms with Crippen LogP contribution in [0.3, 0.4) is 0 Å². The van der Waals surface area contributed by atoms with Crippen LogP contribution in [0.5, 0.6) is 0 Å². The first kappa shape index (κ1) is 31.1. The lowest BCUT2D eigenvalue weighted by Gasteiger charge is -2.60. The van der Waals surface area contributed by atoms with Gasteiger partial charge in [-0.05, 0) is 55.8 Å². The highest BCUT2D eigenvalue weighted by molar-refractivity contribution is 5.94. The third-order valence-electron chi connectivity index (χ3n) is 12.1. The molecule has 2 unspecified atom stereocenters. The van der Waals surface area contributed by atoms with Crippen LogP contribution in [0, 0.1) is 46.8 Å². The fraction of sp³-hybridized carbons (Fsp3) is 0.848. The molecule has 234 valence electrons. The average molecular weight is 588 g/mol. The summed E-state index contributed by atoms with van der Waals surface area (Å²) in [6.45, 7) is 13.9. The van der Waals surface area contributed by atoms with E-state index in [4.69, 9.17) is 14.2 Å². The second-order valence-electron chi connectivity index (χ2n) is 14.5. The minimum absolute atomic E-state index is 0.0213. The number of ether oxygens (including phenoxy) is 3. The molecule has 5 fully saturated rings. The molecule has 3 aliphatic carbocycles. The molecule has 0 radical (unpaired) electrons. The van der Waals surface area contributed by atoms with Crippen molar-refractivity contribution in [1.82, 2.24) is 4.90 Å². The number of hydrogen-bond donors (Lipinski definition) is 0. The van der Waals surface area contributed by atoms with Crippen molar-refractivity contribution in [3.63, 3.8) is 0 Å². The summed E-state index contributed by atoms with van der Waals surface area (Å²) < 4.78 is 17.5. The summed E-state index contributed by atoms with van der Waals surface area (Å²) >= 11 is 0. The molecular formula is C33H49NO8. The molecule has 2 aliphatic heterocycles. The van der Waals surface area contributed by atoms with Crippen molar-refractivity contribution < 1.29 is 38.2 Å². The lowest BCUT2D eigenvalue weighted by atomic mass is 9.47. The molecule has 12 atom stereocenters. The van der Waals surface area contributed by atoms with Gasteiger partial charge in [0.25, 0.3) is 0 Å². The number of ketones is 2. The van der Waals surface area contributed by atoms with E-state index in [-0.39, 0.29) is 41.7 Å². The van der Waals surface area contributed by atoms with Crippen molar-refractivity contribution in [3.05, 3.63) is 0 Å². The third kappa shape index (κ3) is 5.11. The van der Waals surface area contributed by atoms with Crippen LogP contribution in [0.1, 0.15) is 93.4 Å². The van der Waals surface area contributed by atoms with Gasteiger partial charge in [0.1, 0.15) is 18.0 Å². The van der Waals surface area contributed by atoms with Gasteiger partial charge in [-0.3, -0.25) is 28.9 Å². The van der Waals surface area contributed by atoms with E-state index in [1.165, 1.54) is 27.2 Å². The summed E-state index contributed by atoms with van der Waals surface area (Å²) in [5.41, 5.74) is -1.94. The van der Waals surface area contributed by atoms with E-state index in [9.17, 15) is 24.0 Å². The Balaban J connectivity index is 1.48. The van der Waals surface area contributed by atoms with E-state index in [0.717, 1.165) is 19.4 Å². The molecule has 42 heavy (non-hydrogen) atoms. The Hall–Kier alpha value is -2.29. The number of esters is 3. The maximum atomic E-state index is 14.8. The highest BCUT2D eigenvalue weighted by Gasteiger charge is 2.65. The van der Waals surface area contributed by atoms with Crippen LogP contribution in [0.2, 0.25) is 0 Å². The van der Waals surface area contributed by atoms with Gasteiger partial charge < -0.3 is 14.2 Å². The minimum Gasteiger partial charge on any atom is -0.462 e. The number of hydrogen-bond acceptors (Lipinski definition) is 9. The van der Waals surface area contributed by atoms with Gasteiger partial charge in [-0.2, -0.15) is 0 Å². The van der Waals surface area contributed by atoms with E-state index in [0.29, 0.717) is 37.8 Å². The number of carbonyl (C=O) groups is 5. The van der Waals surface area contributed by atoms with Crippen LogP contribution in [0.25, 0.3) is 0 Å². The van der Waals surface area contributed by atoms with Crippen molar-refractivity contribution in [2.75, 3.05) is 13.1 Å². The van der Waals surface area contributed by atoms with Crippen LogP contribution in [0.15, 0.2) is 0 Å². The lowest BCUT2D eigenvalue weighted by Crippen LogP contribution is -2.71. The fourth-order valence-corrected chi connectivity index (χ4v) is 10.2. The number of Topliss-reactive ketones (excluding diaryl/α,β-unsaturated/α-hetero) is 2. The Bertz CT molecular complexity index is 1140. The first-order valence-electron chi connectivity index (χ1n) is 16.0. The first-order valence-corrected chi connectivity index (χ1v) is 16.0. The Labute approximate surface area is 249 Å². The van der Waals surface area contributed by atoms with E-state index in [1.54, 1.807) is 0 Å². The summed E-state index contributed by atoms with van der Waals surface area (Å²) in [5, 5.41) is 0. The summed E-state index contributed by atoms with van der Waals surface area (Å²) in [4.78, 5) is 67.7. The summed E-state index contributed by atoms with van der Waals surface area (Å²) in [5.74, 6) is -1.94. The zero-order valence-electron chi connectivity index (χ0n) is 26.4. The van der Waals surface area contributed by atoms with Crippen LogP contribution in [-0.4, -0.2) is 71.3 Å². The molecule has 2 saturated heterocycles. The van der Waals surface area contributed by atoms with Crippen molar-refractivity contribution in [3.8, 4) is 0 Å². The quantitative estimate of drug-likeness (QED) is 0.353. The molecule has 0 N–H and O–H groups in total. The molecule has 5 aliphatic rings. The van der Waals surface area contributed by atoms with Gasteiger partial charge in [-0.25, -0.2) is 0 Å². The van der Waals surface area contributed by atoms with Crippen LogP contribution < -0.4 is 0 Å². The first-order chi connectivity index (χ1) is 19.7. The molecule has 3 saturated carbocycles. The van der Waals surface area contributed by atoms with E-state index < -0.39 is 53.0 Å². The normalized spacial score (nSPS) is 45.6. The maximum absolute atomic E-state index is 14.8. The molecule has 9 nitrogen and oxygen atoms in total. The molecule has 2 heterocycles. The third-order valence-corrected chi connectivity index (χ3v) is 12.1. The van der Waals surface area contributed by atoms with Crippen LogP contribution >= 0.6 is 0 Å². The molecule has 0 aromatic heterocycles. The number of nitrogens with zero attached hydrogens (tertiary/aromatic N) is 1.